The highest BCUT2D eigenvalue weighted by atomic mass is 19.4. The first-order chi connectivity index (χ1) is 6.91. The highest BCUT2D eigenvalue weighted by molar-refractivity contribution is 5.74. The van der Waals surface area contributed by atoms with Crippen molar-refractivity contribution in [2.45, 2.75) is 33.4 Å². The molecule has 0 N–H and O–H groups in total. The van der Waals surface area contributed by atoms with Crippen molar-refractivity contribution >= 4 is 12.3 Å². The first-order valence-corrected chi connectivity index (χ1v) is 4.59. The van der Waals surface area contributed by atoms with Gasteiger partial charge in [-0.1, -0.05) is 13.8 Å². The quantitative estimate of drug-likeness (QED) is 0.548. The number of hydrogen-bond acceptors (Lipinski definition) is 3. The summed E-state index contributed by atoms with van der Waals surface area (Å²) in [4.78, 5) is 20.5. The van der Waals surface area contributed by atoms with Gasteiger partial charge in [0.2, 0.25) is 0 Å². The normalized spacial score (nSPS) is 12.1. The molecule has 0 aromatic rings. The zero-order valence-electron chi connectivity index (χ0n) is 8.93. The summed E-state index contributed by atoms with van der Waals surface area (Å²) < 4.78 is 39.9. The van der Waals surface area contributed by atoms with Crippen molar-refractivity contribution in [3.8, 4) is 0 Å². The molecule has 0 aromatic heterocycles. The van der Waals surface area contributed by atoms with Crippen molar-refractivity contribution in [1.29, 1.82) is 0 Å². The Bertz CT molecular complexity index is 190. The highest BCUT2D eigenvalue weighted by Crippen LogP contribution is 2.27. The van der Waals surface area contributed by atoms with E-state index in [2.05, 4.69) is 4.74 Å². The van der Waals surface area contributed by atoms with Gasteiger partial charge in [0.15, 0.2) is 0 Å². The number of esters is 1. The molecule has 0 amide bonds. The van der Waals surface area contributed by atoms with Crippen LogP contribution in [0, 0.1) is 5.92 Å². The van der Waals surface area contributed by atoms with Crippen LogP contribution in [-0.4, -0.2) is 25.0 Å². The summed E-state index contributed by atoms with van der Waals surface area (Å²) in [5.74, 6) is -3.27. The van der Waals surface area contributed by atoms with Crippen LogP contribution in [0.4, 0.5) is 13.2 Å². The Morgan fingerprint density at radius 2 is 1.87 bits per heavy atom. The van der Waals surface area contributed by atoms with Crippen LogP contribution in [0.3, 0.4) is 0 Å². The number of halogens is 3. The van der Waals surface area contributed by atoms with Gasteiger partial charge in [-0.15, -0.1) is 0 Å². The van der Waals surface area contributed by atoms with E-state index in [-0.39, 0.29) is 12.9 Å². The minimum Gasteiger partial charge on any atom is -0.466 e. The number of ether oxygens (including phenoxy) is 1. The first kappa shape index (κ1) is 16.4. The third-order valence-electron chi connectivity index (χ3n) is 1.28. The molecule has 6 heteroatoms. The minimum atomic E-state index is -4.67. The summed E-state index contributed by atoms with van der Waals surface area (Å²) in [6, 6.07) is 0. The second kappa shape index (κ2) is 8.26. The molecule has 0 spiro atoms. The van der Waals surface area contributed by atoms with Gasteiger partial charge in [0, 0.05) is 0 Å². The predicted octanol–water partition coefficient (Wildman–Crippen LogP) is 2.34. The van der Waals surface area contributed by atoms with Crippen LogP contribution >= 0.6 is 0 Å². The second-order valence-corrected chi connectivity index (χ2v) is 2.29. The van der Waals surface area contributed by atoms with Gasteiger partial charge in [-0.3, -0.25) is 4.79 Å². The van der Waals surface area contributed by atoms with Crippen molar-refractivity contribution in [2.24, 2.45) is 5.92 Å². The van der Waals surface area contributed by atoms with E-state index < -0.39 is 24.5 Å². The Morgan fingerprint density at radius 1 is 1.40 bits per heavy atom. The van der Waals surface area contributed by atoms with Gasteiger partial charge in [-0.05, 0) is 6.92 Å². The molecule has 1 atom stereocenters. The van der Waals surface area contributed by atoms with Crippen LogP contribution in [0.15, 0.2) is 0 Å². The van der Waals surface area contributed by atoms with Crippen molar-refractivity contribution in [3.05, 3.63) is 0 Å². The van der Waals surface area contributed by atoms with E-state index in [1.54, 1.807) is 0 Å². The van der Waals surface area contributed by atoms with Crippen LogP contribution in [0.2, 0.25) is 0 Å². The Balaban J connectivity index is 0. The topological polar surface area (TPSA) is 43.4 Å². The average molecular weight is 228 g/mol. The van der Waals surface area contributed by atoms with E-state index in [9.17, 15) is 22.8 Å². The second-order valence-electron chi connectivity index (χ2n) is 2.29. The smallest absolute Gasteiger partial charge is 0.398 e. The molecule has 0 aliphatic carbocycles. The maximum absolute atomic E-state index is 11.9. The third-order valence-corrected chi connectivity index (χ3v) is 1.28. The summed E-state index contributed by atoms with van der Waals surface area (Å²) in [5.41, 5.74) is 0. The molecule has 0 bridgehead atoms. The molecule has 0 aliphatic rings. The number of hydrogen-bond donors (Lipinski definition) is 0. The molecule has 15 heavy (non-hydrogen) atoms. The molecule has 3 nitrogen and oxygen atoms in total. The van der Waals surface area contributed by atoms with Gasteiger partial charge in [-0.2, -0.15) is 13.2 Å². The average Bonchev–Trinajstić information content (AvgIpc) is 2.16. The zero-order chi connectivity index (χ0) is 12.5. The van der Waals surface area contributed by atoms with E-state index in [1.807, 2.05) is 13.8 Å². The van der Waals surface area contributed by atoms with Crippen LogP contribution in [0.5, 0.6) is 0 Å². The fourth-order valence-corrected chi connectivity index (χ4v) is 0.640. The fraction of sp³-hybridized carbons (Fsp3) is 0.778. The summed E-state index contributed by atoms with van der Waals surface area (Å²) in [6.45, 7) is 5.48. The summed E-state index contributed by atoms with van der Waals surface area (Å²) in [6.07, 6.45) is -5.91. The number of carbonyl (C=O) groups excluding carboxylic acids is 2. The van der Waals surface area contributed by atoms with Crippen LogP contribution in [0.25, 0.3) is 0 Å². The predicted molar refractivity (Wildman–Crippen MR) is 48.2 cm³/mol. The zero-order valence-corrected chi connectivity index (χ0v) is 8.93. The summed E-state index contributed by atoms with van der Waals surface area (Å²) >= 11 is 0. The molecule has 0 aliphatic heterocycles. The number of carbonyl (C=O) groups is 2. The Morgan fingerprint density at radius 3 is 2.13 bits per heavy atom. The maximum Gasteiger partial charge on any atom is 0.398 e. The van der Waals surface area contributed by atoms with Gasteiger partial charge in [-0.25, -0.2) is 0 Å². The maximum atomic E-state index is 11.9. The van der Waals surface area contributed by atoms with Gasteiger partial charge in [0.05, 0.1) is 13.0 Å². The molecule has 0 saturated heterocycles. The van der Waals surface area contributed by atoms with E-state index in [4.69, 9.17) is 0 Å². The fourth-order valence-electron chi connectivity index (χ4n) is 0.640. The van der Waals surface area contributed by atoms with Crippen LogP contribution in [-0.2, 0) is 14.3 Å². The molecule has 0 saturated carbocycles. The van der Waals surface area contributed by atoms with E-state index in [0.717, 1.165) is 0 Å². The van der Waals surface area contributed by atoms with Crippen molar-refractivity contribution in [1.82, 2.24) is 0 Å². The molecular weight excluding hydrogens is 213 g/mol. The van der Waals surface area contributed by atoms with Gasteiger partial charge < -0.3 is 9.53 Å². The number of rotatable bonds is 4. The van der Waals surface area contributed by atoms with Crippen molar-refractivity contribution < 1.29 is 27.5 Å². The van der Waals surface area contributed by atoms with E-state index in [1.165, 1.54) is 6.92 Å². The van der Waals surface area contributed by atoms with Crippen molar-refractivity contribution in [3.63, 3.8) is 0 Å². The first-order valence-electron chi connectivity index (χ1n) is 4.59. The largest absolute Gasteiger partial charge is 0.466 e. The molecule has 0 rings (SSSR count). The SMILES string of the molecule is CC.CCOC(=O)CC(C=O)C(F)(F)F. The van der Waals surface area contributed by atoms with Crippen molar-refractivity contribution in [2.75, 3.05) is 6.61 Å². The standard InChI is InChI=1S/C7H9F3O3.C2H6/c1-2-13-6(12)3-5(4-11)7(8,9)10;1-2/h4-5H,2-3H2,1H3;1-2H3. The van der Waals surface area contributed by atoms with Crippen LogP contribution < -0.4 is 0 Å². The lowest BCUT2D eigenvalue weighted by atomic mass is 10.1. The lowest BCUT2D eigenvalue weighted by molar-refractivity contribution is -0.182. The monoisotopic (exact) mass is 228 g/mol. The van der Waals surface area contributed by atoms with Gasteiger partial charge >= 0.3 is 12.1 Å². The highest BCUT2D eigenvalue weighted by Gasteiger charge is 2.41. The Hall–Kier alpha value is -1.07. The van der Waals surface area contributed by atoms with E-state index in [0.29, 0.717) is 0 Å². The number of alkyl halides is 3. The lowest BCUT2D eigenvalue weighted by Gasteiger charge is -2.12. The summed E-state index contributed by atoms with van der Waals surface area (Å²) in [5, 5.41) is 0. The lowest BCUT2D eigenvalue weighted by Crippen LogP contribution is -2.27. The Labute approximate surface area is 86.6 Å². The molecule has 0 aromatic carbocycles. The molecule has 0 radical (unpaired) electrons. The van der Waals surface area contributed by atoms with Gasteiger partial charge in [0.1, 0.15) is 12.2 Å². The molecule has 90 valence electrons. The van der Waals surface area contributed by atoms with E-state index >= 15 is 0 Å². The Kier molecular flexibility index (Phi) is 9.01. The minimum absolute atomic E-state index is 0.00225. The molecule has 0 heterocycles. The summed E-state index contributed by atoms with van der Waals surface area (Å²) in [7, 11) is 0. The molecule has 1 unspecified atom stereocenters. The number of aldehydes is 1. The molecular formula is C9H15F3O3. The van der Waals surface area contributed by atoms with Gasteiger partial charge in [0.25, 0.3) is 0 Å². The molecule has 0 fully saturated rings. The third kappa shape index (κ3) is 7.96. The van der Waals surface area contributed by atoms with Crippen LogP contribution in [0.1, 0.15) is 27.2 Å².